The Morgan fingerprint density at radius 3 is 2.44 bits per heavy atom. The zero-order chi connectivity index (χ0) is 20.0. The standard InChI is InChI=1S/C19H21F2N3O3/c1-11(13-4-6-15(20)16(21)8-13)22-10-19(26)24-17-9-14(23-12(2)25)5-7-18(17)27-3/h4-9,11,22H,10H2,1-3H3,(H,23,25)(H,24,26)/t11-/m1/s1. The maximum atomic E-state index is 13.3. The second-order valence-corrected chi connectivity index (χ2v) is 5.92. The molecule has 0 aromatic heterocycles. The van der Waals surface area contributed by atoms with Crippen molar-refractivity contribution in [3.05, 3.63) is 53.6 Å². The van der Waals surface area contributed by atoms with E-state index in [4.69, 9.17) is 4.74 Å². The highest BCUT2D eigenvalue weighted by molar-refractivity contribution is 5.95. The number of rotatable bonds is 7. The first-order valence-corrected chi connectivity index (χ1v) is 8.24. The molecule has 0 unspecified atom stereocenters. The van der Waals surface area contributed by atoms with Gasteiger partial charge in [-0.25, -0.2) is 8.78 Å². The van der Waals surface area contributed by atoms with Crippen molar-refractivity contribution < 1.29 is 23.1 Å². The van der Waals surface area contributed by atoms with E-state index >= 15 is 0 Å². The van der Waals surface area contributed by atoms with Crippen LogP contribution >= 0.6 is 0 Å². The maximum Gasteiger partial charge on any atom is 0.238 e. The molecule has 0 bridgehead atoms. The number of carbonyl (C=O) groups excluding carboxylic acids is 2. The van der Waals surface area contributed by atoms with Crippen LogP contribution in [-0.2, 0) is 9.59 Å². The van der Waals surface area contributed by atoms with E-state index in [0.29, 0.717) is 22.7 Å². The van der Waals surface area contributed by atoms with E-state index in [1.807, 2.05) is 0 Å². The second kappa shape index (κ2) is 9.09. The van der Waals surface area contributed by atoms with Crippen molar-refractivity contribution in [1.82, 2.24) is 5.32 Å². The average molecular weight is 377 g/mol. The van der Waals surface area contributed by atoms with Crippen LogP contribution in [0.25, 0.3) is 0 Å². The van der Waals surface area contributed by atoms with Gasteiger partial charge in [0, 0.05) is 18.7 Å². The summed E-state index contributed by atoms with van der Waals surface area (Å²) in [7, 11) is 1.46. The summed E-state index contributed by atoms with van der Waals surface area (Å²) < 4.78 is 31.5. The number of hydrogen-bond acceptors (Lipinski definition) is 4. The summed E-state index contributed by atoms with van der Waals surface area (Å²) >= 11 is 0. The average Bonchev–Trinajstić information content (AvgIpc) is 2.61. The molecular formula is C19H21F2N3O3. The van der Waals surface area contributed by atoms with E-state index in [0.717, 1.165) is 12.1 Å². The van der Waals surface area contributed by atoms with Gasteiger partial charge in [-0.05, 0) is 42.8 Å². The number of methoxy groups -OCH3 is 1. The molecule has 0 aliphatic carbocycles. The van der Waals surface area contributed by atoms with Crippen LogP contribution in [0.4, 0.5) is 20.2 Å². The van der Waals surface area contributed by atoms with Gasteiger partial charge >= 0.3 is 0 Å². The third-order valence-electron chi connectivity index (χ3n) is 3.81. The highest BCUT2D eigenvalue weighted by atomic mass is 19.2. The molecule has 27 heavy (non-hydrogen) atoms. The largest absolute Gasteiger partial charge is 0.495 e. The molecule has 2 rings (SSSR count). The second-order valence-electron chi connectivity index (χ2n) is 5.92. The number of hydrogen-bond donors (Lipinski definition) is 3. The summed E-state index contributed by atoms with van der Waals surface area (Å²) in [5, 5.41) is 8.25. The summed E-state index contributed by atoms with van der Waals surface area (Å²) in [6.45, 7) is 3.05. The monoisotopic (exact) mass is 377 g/mol. The van der Waals surface area contributed by atoms with Gasteiger partial charge in [-0.2, -0.15) is 0 Å². The van der Waals surface area contributed by atoms with Gasteiger partial charge in [0.1, 0.15) is 5.75 Å². The molecule has 1 atom stereocenters. The van der Waals surface area contributed by atoms with Crippen LogP contribution in [0.1, 0.15) is 25.5 Å². The fraction of sp³-hybridized carbons (Fsp3) is 0.263. The first-order chi connectivity index (χ1) is 12.8. The molecule has 0 aliphatic heterocycles. The van der Waals surface area contributed by atoms with Crippen molar-refractivity contribution in [3.8, 4) is 5.75 Å². The summed E-state index contributed by atoms with van der Waals surface area (Å²) in [6.07, 6.45) is 0. The summed E-state index contributed by atoms with van der Waals surface area (Å²) in [5.74, 6) is -2.02. The van der Waals surface area contributed by atoms with Crippen LogP contribution in [0, 0.1) is 11.6 Å². The van der Waals surface area contributed by atoms with Gasteiger partial charge in [0.25, 0.3) is 0 Å². The van der Waals surface area contributed by atoms with E-state index in [1.54, 1.807) is 25.1 Å². The van der Waals surface area contributed by atoms with Crippen molar-refractivity contribution in [2.75, 3.05) is 24.3 Å². The smallest absolute Gasteiger partial charge is 0.238 e. The molecule has 0 heterocycles. The van der Waals surface area contributed by atoms with Crippen LogP contribution in [0.3, 0.4) is 0 Å². The lowest BCUT2D eigenvalue weighted by molar-refractivity contribution is -0.115. The molecule has 2 aromatic carbocycles. The van der Waals surface area contributed by atoms with E-state index in [-0.39, 0.29) is 24.4 Å². The highest BCUT2D eigenvalue weighted by Gasteiger charge is 2.13. The Hall–Kier alpha value is -3.00. The predicted molar refractivity (Wildman–Crippen MR) is 98.7 cm³/mol. The molecule has 0 fully saturated rings. The number of carbonyl (C=O) groups is 2. The van der Waals surface area contributed by atoms with E-state index in [2.05, 4.69) is 16.0 Å². The van der Waals surface area contributed by atoms with E-state index in [9.17, 15) is 18.4 Å². The normalized spacial score (nSPS) is 11.6. The summed E-state index contributed by atoms with van der Waals surface area (Å²) in [4.78, 5) is 23.4. The minimum atomic E-state index is -0.940. The molecule has 2 aromatic rings. The van der Waals surface area contributed by atoms with E-state index < -0.39 is 11.6 Å². The van der Waals surface area contributed by atoms with Crippen LogP contribution in [0.2, 0.25) is 0 Å². The van der Waals surface area contributed by atoms with Gasteiger partial charge in [0.2, 0.25) is 11.8 Å². The number of amides is 2. The van der Waals surface area contributed by atoms with Crippen LogP contribution in [0.5, 0.6) is 5.75 Å². The first kappa shape index (κ1) is 20.3. The molecule has 2 amide bonds. The van der Waals surface area contributed by atoms with Crippen LogP contribution in [0.15, 0.2) is 36.4 Å². The molecule has 0 aliphatic rings. The lowest BCUT2D eigenvalue weighted by Crippen LogP contribution is -2.30. The lowest BCUT2D eigenvalue weighted by atomic mass is 10.1. The number of ether oxygens (including phenoxy) is 1. The Labute approximate surface area is 155 Å². The van der Waals surface area contributed by atoms with Crippen LogP contribution in [-0.4, -0.2) is 25.5 Å². The van der Waals surface area contributed by atoms with Crippen molar-refractivity contribution in [3.63, 3.8) is 0 Å². The van der Waals surface area contributed by atoms with Gasteiger partial charge < -0.3 is 20.7 Å². The number of benzene rings is 2. The maximum absolute atomic E-state index is 13.3. The fourth-order valence-electron chi connectivity index (χ4n) is 2.43. The minimum absolute atomic E-state index is 0.0618. The predicted octanol–water partition coefficient (Wildman–Crippen LogP) is 3.22. The van der Waals surface area contributed by atoms with Gasteiger partial charge in [-0.15, -0.1) is 0 Å². The third-order valence-corrected chi connectivity index (χ3v) is 3.81. The molecule has 0 saturated carbocycles. The van der Waals surface area contributed by atoms with E-state index in [1.165, 1.54) is 20.1 Å². The number of halogens is 2. The topological polar surface area (TPSA) is 79.5 Å². The zero-order valence-corrected chi connectivity index (χ0v) is 15.2. The van der Waals surface area contributed by atoms with Crippen LogP contribution < -0.4 is 20.7 Å². The van der Waals surface area contributed by atoms with Crippen molar-refractivity contribution >= 4 is 23.2 Å². The molecule has 0 radical (unpaired) electrons. The SMILES string of the molecule is COc1ccc(NC(C)=O)cc1NC(=O)CN[C@H](C)c1ccc(F)c(F)c1. The minimum Gasteiger partial charge on any atom is -0.495 e. The Bertz CT molecular complexity index is 843. The zero-order valence-electron chi connectivity index (χ0n) is 15.2. The Morgan fingerprint density at radius 2 is 1.81 bits per heavy atom. The molecule has 0 spiro atoms. The number of anilines is 2. The molecular weight excluding hydrogens is 356 g/mol. The van der Waals surface area contributed by atoms with Gasteiger partial charge in [0.05, 0.1) is 19.3 Å². The lowest BCUT2D eigenvalue weighted by Gasteiger charge is -2.16. The highest BCUT2D eigenvalue weighted by Crippen LogP contribution is 2.27. The fourth-order valence-corrected chi connectivity index (χ4v) is 2.43. The van der Waals surface area contributed by atoms with Crippen molar-refractivity contribution in [1.29, 1.82) is 0 Å². The Kier molecular flexibility index (Phi) is 6.84. The Balaban J connectivity index is 2.00. The molecule has 0 saturated heterocycles. The molecule has 8 heteroatoms. The molecule has 3 N–H and O–H groups in total. The summed E-state index contributed by atoms with van der Waals surface area (Å²) in [5.41, 5.74) is 1.43. The quantitative estimate of drug-likeness (QED) is 0.692. The van der Waals surface area contributed by atoms with Crippen molar-refractivity contribution in [2.24, 2.45) is 0 Å². The number of nitrogens with one attached hydrogen (secondary N) is 3. The molecule has 144 valence electrons. The van der Waals surface area contributed by atoms with Gasteiger partial charge in [0.15, 0.2) is 11.6 Å². The summed E-state index contributed by atoms with van der Waals surface area (Å²) in [6, 6.07) is 8.08. The van der Waals surface area contributed by atoms with Gasteiger partial charge in [-0.1, -0.05) is 6.07 Å². The third kappa shape index (κ3) is 5.75. The van der Waals surface area contributed by atoms with Crippen molar-refractivity contribution in [2.45, 2.75) is 19.9 Å². The Morgan fingerprint density at radius 1 is 1.07 bits per heavy atom. The first-order valence-electron chi connectivity index (χ1n) is 8.24. The van der Waals surface area contributed by atoms with Gasteiger partial charge in [-0.3, -0.25) is 9.59 Å². The molecule has 6 nitrogen and oxygen atoms in total.